The first kappa shape index (κ1) is 22.6. The van der Waals surface area contributed by atoms with Gasteiger partial charge >= 0.3 is 5.76 Å². The number of aromatic nitrogens is 7. The summed E-state index contributed by atoms with van der Waals surface area (Å²) in [5.74, 6) is -0.120. The minimum absolute atomic E-state index is 0.0296. The number of aromatic amines is 2. The Kier molecular flexibility index (Phi) is 5.05. The molecule has 1 fully saturated rings. The minimum atomic E-state index is -1.06. The van der Waals surface area contributed by atoms with Crippen LogP contribution in [0.2, 0.25) is 0 Å². The number of hydrogen-bond acceptors (Lipinski definition) is 8. The van der Waals surface area contributed by atoms with Crippen molar-refractivity contribution < 1.29 is 8.81 Å². The molecule has 12 heteroatoms. The van der Waals surface area contributed by atoms with Gasteiger partial charge in [0.2, 0.25) is 5.89 Å². The lowest BCUT2D eigenvalue weighted by Crippen LogP contribution is -2.61. The van der Waals surface area contributed by atoms with Gasteiger partial charge in [0, 0.05) is 29.9 Å². The third kappa shape index (κ3) is 3.40. The summed E-state index contributed by atoms with van der Waals surface area (Å²) in [6.45, 7) is 2.69. The number of piperidine rings is 1. The second-order valence-corrected chi connectivity index (χ2v) is 9.60. The van der Waals surface area contributed by atoms with Gasteiger partial charge < -0.3 is 14.7 Å². The molecule has 6 heterocycles. The molecule has 0 bridgehead atoms. The summed E-state index contributed by atoms with van der Waals surface area (Å²) >= 11 is 0. The molecule has 192 valence electrons. The Morgan fingerprint density at radius 3 is 2.82 bits per heavy atom. The van der Waals surface area contributed by atoms with E-state index in [1.54, 1.807) is 18.5 Å². The lowest BCUT2D eigenvalue weighted by molar-refractivity contribution is 0.167. The Balaban J connectivity index is 1.39. The van der Waals surface area contributed by atoms with Crippen LogP contribution in [-0.4, -0.2) is 41.0 Å². The summed E-state index contributed by atoms with van der Waals surface area (Å²) in [5.41, 5.74) is 3.19. The van der Waals surface area contributed by atoms with Gasteiger partial charge in [0.1, 0.15) is 17.2 Å². The van der Waals surface area contributed by atoms with Gasteiger partial charge in [-0.1, -0.05) is 18.2 Å². The molecule has 4 unspecified atom stereocenters. The van der Waals surface area contributed by atoms with E-state index in [0.717, 1.165) is 11.3 Å². The molecule has 0 radical (unpaired) electrons. The number of aryl methyl sites for hydroxylation is 1. The van der Waals surface area contributed by atoms with Crippen molar-refractivity contribution in [1.29, 1.82) is 0 Å². The van der Waals surface area contributed by atoms with Gasteiger partial charge in [-0.15, -0.1) is 5.10 Å². The van der Waals surface area contributed by atoms with Crippen LogP contribution in [0.1, 0.15) is 48.1 Å². The summed E-state index contributed by atoms with van der Waals surface area (Å²) in [4.78, 5) is 24.4. The lowest BCUT2D eigenvalue weighted by atomic mass is 9.70. The smallest absolute Gasteiger partial charge is 0.390 e. The maximum absolute atomic E-state index is 13.4. The highest BCUT2D eigenvalue weighted by Gasteiger charge is 2.58. The maximum atomic E-state index is 13.4. The molecule has 4 aromatic heterocycles. The summed E-state index contributed by atoms with van der Waals surface area (Å²) < 4.78 is 20.9. The Hall–Kier alpha value is -4.58. The van der Waals surface area contributed by atoms with Gasteiger partial charge in [0.15, 0.2) is 0 Å². The van der Waals surface area contributed by atoms with Crippen LogP contribution in [-0.2, 0) is 12.1 Å². The predicted molar refractivity (Wildman–Crippen MR) is 135 cm³/mol. The number of nitrogens with one attached hydrogen (secondary N) is 4. The highest BCUT2D eigenvalue weighted by molar-refractivity contribution is 5.62. The highest BCUT2D eigenvalue weighted by Crippen LogP contribution is 2.53. The standard InChI is InChI=1S/C26H24FN9O2/c1-2-36-13-14(10-30-36)26(24-34-35-25(37)38-24)22-17(16-5-3-4-6-18(16)31-22)9-20(33-26)23-29-12-21(32-23)19-8-7-15(27)11-28-19/h3-8,10-13,17,20,22,31,33H,2,9H2,1H3,(H,29,32)(H,35,37). The first-order chi connectivity index (χ1) is 18.5. The van der Waals surface area contributed by atoms with Crippen LogP contribution in [0.25, 0.3) is 11.4 Å². The summed E-state index contributed by atoms with van der Waals surface area (Å²) in [7, 11) is 0. The number of H-pyrrole nitrogens is 2. The molecule has 4 atom stereocenters. The van der Waals surface area contributed by atoms with E-state index < -0.39 is 17.1 Å². The van der Waals surface area contributed by atoms with E-state index in [4.69, 9.17) is 4.42 Å². The summed E-state index contributed by atoms with van der Waals surface area (Å²) in [6, 6.07) is 10.6. The normalized spacial score (nSPS) is 24.1. The van der Waals surface area contributed by atoms with E-state index >= 15 is 0 Å². The number of para-hydroxylation sites is 1. The molecule has 0 saturated carbocycles. The van der Waals surface area contributed by atoms with Gasteiger partial charge in [-0.25, -0.2) is 19.3 Å². The number of halogens is 1. The number of pyridine rings is 1. The average Bonchev–Trinajstić information content (AvgIpc) is 3.74. The molecule has 0 spiro atoms. The van der Waals surface area contributed by atoms with Gasteiger partial charge in [-0.05, 0) is 37.1 Å². The fourth-order valence-corrected chi connectivity index (χ4v) is 5.83. The quantitative estimate of drug-likeness (QED) is 0.281. The van der Waals surface area contributed by atoms with E-state index in [1.165, 1.54) is 17.8 Å². The van der Waals surface area contributed by atoms with Crippen molar-refractivity contribution >= 4 is 5.69 Å². The zero-order chi connectivity index (χ0) is 25.9. The number of nitrogens with zero attached hydrogens (tertiary/aromatic N) is 5. The molecule has 0 aliphatic carbocycles. The Labute approximate surface area is 215 Å². The van der Waals surface area contributed by atoms with Crippen molar-refractivity contribution in [2.24, 2.45) is 0 Å². The van der Waals surface area contributed by atoms with E-state index in [2.05, 4.69) is 53.0 Å². The van der Waals surface area contributed by atoms with E-state index in [1.807, 2.05) is 29.9 Å². The second-order valence-electron chi connectivity index (χ2n) is 9.60. The number of hydrogen-bond donors (Lipinski definition) is 4. The van der Waals surface area contributed by atoms with Gasteiger partial charge in [-0.2, -0.15) is 5.10 Å². The van der Waals surface area contributed by atoms with Crippen molar-refractivity contribution in [2.45, 2.75) is 43.4 Å². The third-order valence-electron chi connectivity index (χ3n) is 7.55. The first-order valence-corrected chi connectivity index (χ1v) is 12.4. The van der Waals surface area contributed by atoms with Crippen LogP contribution in [0.5, 0.6) is 0 Å². The Bertz CT molecular complexity index is 1670. The Morgan fingerprint density at radius 2 is 2.05 bits per heavy atom. The van der Waals surface area contributed by atoms with Crippen molar-refractivity contribution in [3.63, 3.8) is 0 Å². The largest absolute Gasteiger partial charge is 0.434 e. The van der Waals surface area contributed by atoms with E-state index in [0.29, 0.717) is 30.2 Å². The molecule has 5 aromatic rings. The molecule has 0 amide bonds. The number of rotatable bonds is 5. The molecule has 1 saturated heterocycles. The highest BCUT2D eigenvalue weighted by atomic mass is 19.1. The lowest BCUT2D eigenvalue weighted by Gasteiger charge is -2.46. The first-order valence-electron chi connectivity index (χ1n) is 12.4. The van der Waals surface area contributed by atoms with E-state index in [-0.39, 0.29) is 23.9 Å². The number of imidazole rings is 1. The molecule has 38 heavy (non-hydrogen) atoms. The topological polar surface area (TPSA) is 142 Å². The van der Waals surface area contributed by atoms with Gasteiger partial charge in [-0.3, -0.25) is 15.0 Å². The molecule has 4 N–H and O–H groups in total. The SMILES string of the molecule is CCn1cc(C2(c3n[nH]c(=O)o3)NC(c3ncc(-c4ccc(F)cn4)[nH]3)CC3c4ccccc4NC32)cn1. The molecular weight excluding hydrogens is 489 g/mol. The average molecular weight is 514 g/mol. The summed E-state index contributed by atoms with van der Waals surface area (Å²) in [5, 5.41) is 18.7. The van der Waals surface area contributed by atoms with Crippen molar-refractivity contribution in [3.8, 4) is 11.4 Å². The molecule has 1 aromatic carbocycles. The number of fused-ring (bicyclic) bond motifs is 3. The van der Waals surface area contributed by atoms with E-state index in [9.17, 15) is 9.18 Å². The fraction of sp³-hybridized carbons (Fsp3) is 0.269. The monoisotopic (exact) mass is 513 g/mol. The second kappa shape index (κ2) is 8.48. The molecule has 11 nitrogen and oxygen atoms in total. The van der Waals surface area contributed by atoms with Gasteiger partial charge in [0.25, 0.3) is 0 Å². The molecule has 7 rings (SSSR count). The molecular formula is C26H24FN9O2. The molecule has 2 aliphatic heterocycles. The zero-order valence-electron chi connectivity index (χ0n) is 20.4. The predicted octanol–water partition coefficient (Wildman–Crippen LogP) is 3.06. The van der Waals surface area contributed by atoms with Crippen LogP contribution < -0.4 is 16.4 Å². The van der Waals surface area contributed by atoms with Gasteiger partial charge in [0.05, 0.1) is 42.1 Å². The van der Waals surface area contributed by atoms with Crippen LogP contribution in [0.15, 0.2) is 70.4 Å². The van der Waals surface area contributed by atoms with Crippen LogP contribution in [0, 0.1) is 5.82 Å². The van der Waals surface area contributed by atoms with Crippen LogP contribution in [0.3, 0.4) is 0 Å². The molecule has 2 aliphatic rings. The zero-order valence-corrected chi connectivity index (χ0v) is 20.4. The summed E-state index contributed by atoms with van der Waals surface area (Å²) in [6.07, 6.45) is 7.30. The van der Waals surface area contributed by atoms with Crippen LogP contribution >= 0.6 is 0 Å². The fourth-order valence-electron chi connectivity index (χ4n) is 5.83. The van der Waals surface area contributed by atoms with Crippen molar-refractivity contribution in [2.75, 3.05) is 5.32 Å². The third-order valence-corrected chi connectivity index (χ3v) is 7.55. The number of anilines is 1. The van der Waals surface area contributed by atoms with Crippen molar-refractivity contribution in [3.05, 3.63) is 100 Å². The maximum Gasteiger partial charge on any atom is 0.434 e. The minimum Gasteiger partial charge on any atom is -0.390 e. The number of benzene rings is 1. The Morgan fingerprint density at radius 1 is 1.16 bits per heavy atom. The van der Waals surface area contributed by atoms with Crippen LogP contribution in [0.4, 0.5) is 10.1 Å². The van der Waals surface area contributed by atoms with Crippen molar-refractivity contribution in [1.82, 2.24) is 40.2 Å².